The fourth-order valence-electron chi connectivity index (χ4n) is 3.58. The van der Waals surface area contributed by atoms with Crippen LogP contribution in [0.15, 0.2) is 48.2 Å². The van der Waals surface area contributed by atoms with Gasteiger partial charge in [0.15, 0.2) is 5.13 Å². The summed E-state index contributed by atoms with van der Waals surface area (Å²) in [6.45, 7) is 2.02. The molecule has 0 spiro atoms. The number of halogens is 1. The standard InChI is InChI=1S/C20H20ClN5OS/c21-16-5-1-3-14(11-16)18-19(23-7-6-22-18)15-4-2-9-26(12-15)13-17(27)25-20-24-8-10-28-20/h1,3,5-8,10-11,15H,2,4,9,12-13H2,(H,24,25,27)/t15-/m1/s1. The maximum absolute atomic E-state index is 12.3. The minimum Gasteiger partial charge on any atom is -0.301 e. The second-order valence-corrected chi connectivity index (χ2v) is 8.09. The zero-order valence-corrected chi connectivity index (χ0v) is 16.8. The van der Waals surface area contributed by atoms with Gasteiger partial charge in [-0.05, 0) is 31.5 Å². The first kappa shape index (κ1) is 19.0. The molecule has 8 heteroatoms. The Morgan fingerprint density at radius 2 is 2.14 bits per heavy atom. The lowest BCUT2D eigenvalue weighted by atomic mass is 9.91. The second kappa shape index (κ2) is 8.77. The summed E-state index contributed by atoms with van der Waals surface area (Å²) in [5, 5.41) is 6.01. The van der Waals surface area contributed by atoms with E-state index in [-0.39, 0.29) is 11.8 Å². The lowest BCUT2D eigenvalue weighted by molar-refractivity contribution is -0.117. The number of piperidine rings is 1. The van der Waals surface area contributed by atoms with Crippen LogP contribution in [0.4, 0.5) is 5.13 Å². The van der Waals surface area contributed by atoms with Gasteiger partial charge in [0.25, 0.3) is 0 Å². The van der Waals surface area contributed by atoms with Gasteiger partial charge in [-0.3, -0.25) is 19.7 Å². The molecule has 1 amide bonds. The van der Waals surface area contributed by atoms with Gasteiger partial charge in [0.2, 0.25) is 5.91 Å². The van der Waals surface area contributed by atoms with E-state index in [1.54, 1.807) is 18.6 Å². The maximum atomic E-state index is 12.3. The first-order chi connectivity index (χ1) is 13.7. The molecule has 1 aliphatic heterocycles. The number of nitrogens with one attached hydrogen (secondary N) is 1. The zero-order chi connectivity index (χ0) is 19.3. The van der Waals surface area contributed by atoms with Crippen molar-refractivity contribution in [3.05, 3.63) is 59.0 Å². The second-order valence-electron chi connectivity index (χ2n) is 6.76. The molecule has 1 saturated heterocycles. The highest BCUT2D eigenvalue weighted by Crippen LogP contribution is 2.32. The molecule has 0 radical (unpaired) electrons. The van der Waals surface area contributed by atoms with E-state index in [1.807, 2.05) is 29.6 Å². The van der Waals surface area contributed by atoms with Gasteiger partial charge in [-0.1, -0.05) is 23.7 Å². The molecule has 0 saturated carbocycles. The fourth-order valence-corrected chi connectivity index (χ4v) is 4.31. The summed E-state index contributed by atoms with van der Waals surface area (Å²) in [6.07, 6.45) is 7.17. The minimum atomic E-state index is -0.0372. The molecule has 1 fully saturated rings. The molecular weight excluding hydrogens is 394 g/mol. The summed E-state index contributed by atoms with van der Waals surface area (Å²) in [5.41, 5.74) is 2.80. The Morgan fingerprint density at radius 3 is 2.96 bits per heavy atom. The highest BCUT2D eigenvalue weighted by atomic mass is 35.5. The number of hydrogen-bond donors (Lipinski definition) is 1. The van der Waals surface area contributed by atoms with E-state index >= 15 is 0 Å². The Hall–Kier alpha value is -2.35. The Kier molecular flexibility index (Phi) is 5.95. The number of hydrogen-bond acceptors (Lipinski definition) is 6. The summed E-state index contributed by atoms with van der Waals surface area (Å²) >= 11 is 7.59. The van der Waals surface area contributed by atoms with Crippen molar-refractivity contribution in [3.8, 4) is 11.3 Å². The molecule has 28 heavy (non-hydrogen) atoms. The van der Waals surface area contributed by atoms with E-state index in [1.165, 1.54) is 11.3 Å². The van der Waals surface area contributed by atoms with Crippen molar-refractivity contribution in [1.82, 2.24) is 19.9 Å². The minimum absolute atomic E-state index is 0.0372. The molecule has 1 atom stereocenters. The molecule has 0 aliphatic carbocycles. The molecular formula is C20H20ClN5OS. The lowest BCUT2D eigenvalue weighted by Gasteiger charge is -2.32. The Bertz CT molecular complexity index is 949. The molecule has 1 N–H and O–H groups in total. The summed E-state index contributed by atoms with van der Waals surface area (Å²) in [4.78, 5) is 27.8. The first-order valence-electron chi connectivity index (χ1n) is 9.17. The number of rotatable bonds is 5. The topological polar surface area (TPSA) is 71.0 Å². The molecule has 4 rings (SSSR count). The first-order valence-corrected chi connectivity index (χ1v) is 10.4. The summed E-state index contributed by atoms with van der Waals surface area (Å²) < 4.78 is 0. The van der Waals surface area contributed by atoms with Crippen LogP contribution in [0.2, 0.25) is 5.02 Å². The number of benzene rings is 1. The number of thiazole rings is 1. The molecule has 3 heterocycles. The number of nitrogens with zero attached hydrogens (tertiary/aromatic N) is 4. The van der Waals surface area contributed by atoms with Crippen LogP contribution >= 0.6 is 22.9 Å². The number of anilines is 1. The van der Waals surface area contributed by atoms with Crippen molar-refractivity contribution < 1.29 is 4.79 Å². The normalized spacial score (nSPS) is 17.4. The number of amides is 1. The average Bonchev–Trinajstić information content (AvgIpc) is 3.21. The van der Waals surface area contributed by atoms with Crippen molar-refractivity contribution >= 4 is 34.0 Å². The van der Waals surface area contributed by atoms with Gasteiger partial charge in [-0.15, -0.1) is 11.3 Å². The molecule has 6 nitrogen and oxygen atoms in total. The van der Waals surface area contributed by atoms with Gasteiger partial charge in [0, 0.05) is 47.0 Å². The summed E-state index contributed by atoms with van der Waals surface area (Å²) in [6, 6.07) is 7.69. The number of carbonyl (C=O) groups is 1. The van der Waals surface area contributed by atoms with Crippen molar-refractivity contribution in [2.75, 3.05) is 25.0 Å². The van der Waals surface area contributed by atoms with Gasteiger partial charge in [0.1, 0.15) is 0 Å². The van der Waals surface area contributed by atoms with Crippen molar-refractivity contribution in [3.63, 3.8) is 0 Å². The van der Waals surface area contributed by atoms with Gasteiger partial charge in [0.05, 0.1) is 17.9 Å². The van der Waals surface area contributed by atoms with Crippen LogP contribution in [0.25, 0.3) is 11.3 Å². The Labute approximate surface area is 172 Å². The molecule has 1 aliphatic rings. The van der Waals surface area contributed by atoms with Crippen LogP contribution < -0.4 is 5.32 Å². The van der Waals surface area contributed by atoms with Crippen molar-refractivity contribution in [1.29, 1.82) is 0 Å². The largest absolute Gasteiger partial charge is 0.301 e. The SMILES string of the molecule is O=C(CN1CCC[C@@H](c2nccnc2-c2cccc(Cl)c2)C1)Nc1nccs1. The van der Waals surface area contributed by atoms with Crippen molar-refractivity contribution in [2.24, 2.45) is 0 Å². The highest BCUT2D eigenvalue weighted by Gasteiger charge is 2.26. The molecule has 1 aromatic carbocycles. The molecule has 0 bridgehead atoms. The third-order valence-corrected chi connectivity index (χ3v) is 5.69. The van der Waals surface area contributed by atoms with E-state index in [4.69, 9.17) is 11.6 Å². The van der Waals surface area contributed by atoms with Gasteiger partial charge in [-0.2, -0.15) is 0 Å². The third-order valence-electron chi connectivity index (χ3n) is 4.76. The van der Waals surface area contributed by atoms with Gasteiger partial charge in [-0.25, -0.2) is 4.98 Å². The maximum Gasteiger partial charge on any atom is 0.240 e. The highest BCUT2D eigenvalue weighted by molar-refractivity contribution is 7.13. The van der Waals surface area contributed by atoms with Crippen LogP contribution in [-0.4, -0.2) is 45.4 Å². The van der Waals surface area contributed by atoms with E-state index < -0.39 is 0 Å². The van der Waals surface area contributed by atoms with E-state index in [0.717, 1.165) is 42.9 Å². The van der Waals surface area contributed by atoms with Crippen LogP contribution in [0.5, 0.6) is 0 Å². The van der Waals surface area contributed by atoms with Gasteiger partial charge >= 0.3 is 0 Å². The quantitative estimate of drug-likeness (QED) is 0.682. The van der Waals surface area contributed by atoms with Crippen LogP contribution in [0.1, 0.15) is 24.5 Å². The zero-order valence-electron chi connectivity index (χ0n) is 15.2. The van der Waals surface area contributed by atoms with Crippen molar-refractivity contribution in [2.45, 2.75) is 18.8 Å². The molecule has 2 aromatic heterocycles. The number of likely N-dealkylation sites (tertiary alicyclic amines) is 1. The third kappa shape index (κ3) is 4.55. The lowest BCUT2D eigenvalue weighted by Crippen LogP contribution is -2.40. The predicted octanol–water partition coefficient (Wildman–Crippen LogP) is 4.07. The Balaban J connectivity index is 1.48. The average molecular weight is 414 g/mol. The summed E-state index contributed by atoms with van der Waals surface area (Å²) in [7, 11) is 0. The fraction of sp³-hybridized carbons (Fsp3) is 0.300. The van der Waals surface area contributed by atoms with Crippen LogP contribution in [0, 0.1) is 0 Å². The van der Waals surface area contributed by atoms with E-state index in [2.05, 4.69) is 25.2 Å². The number of carbonyl (C=O) groups excluding carboxylic acids is 1. The summed E-state index contributed by atoms with van der Waals surface area (Å²) in [5.74, 6) is 0.189. The molecule has 3 aromatic rings. The monoisotopic (exact) mass is 413 g/mol. The molecule has 144 valence electrons. The van der Waals surface area contributed by atoms with Gasteiger partial charge < -0.3 is 5.32 Å². The van der Waals surface area contributed by atoms with E-state index in [0.29, 0.717) is 16.7 Å². The molecule has 0 unspecified atom stereocenters. The van der Waals surface area contributed by atoms with E-state index in [9.17, 15) is 4.79 Å². The smallest absolute Gasteiger partial charge is 0.240 e. The van der Waals surface area contributed by atoms with Crippen LogP contribution in [-0.2, 0) is 4.79 Å². The van der Waals surface area contributed by atoms with Crippen LogP contribution in [0.3, 0.4) is 0 Å². The predicted molar refractivity (Wildman–Crippen MR) is 112 cm³/mol. The number of aromatic nitrogens is 3. The Morgan fingerprint density at radius 1 is 1.25 bits per heavy atom.